The minimum Gasteiger partial charge on any atom is -0.394 e. The highest BCUT2D eigenvalue weighted by Gasteiger charge is 2.32. The Kier molecular flexibility index (Phi) is 7.89. The largest absolute Gasteiger partial charge is 0.394 e. The molecule has 4 heteroatoms. The number of hydrogen-bond acceptors (Lipinski definition) is 4. The number of aliphatic hydroxyl groups is 1. The monoisotopic (exact) mass is 294 g/mol. The fourth-order valence-corrected chi connectivity index (χ4v) is 2.65. The molecule has 0 aromatic heterocycles. The quantitative estimate of drug-likeness (QED) is 0.689. The van der Waals surface area contributed by atoms with Gasteiger partial charge in [0.25, 0.3) is 0 Å². The van der Waals surface area contributed by atoms with Gasteiger partial charge < -0.3 is 15.2 Å². The lowest BCUT2D eigenvalue weighted by Gasteiger charge is -2.38. The molecule has 1 unspecified atom stereocenters. The summed E-state index contributed by atoms with van der Waals surface area (Å²) in [6.45, 7) is 7.79. The van der Waals surface area contributed by atoms with E-state index in [0.29, 0.717) is 12.5 Å². The molecule has 1 atom stereocenters. The van der Waals surface area contributed by atoms with Crippen molar-refractivity contribution in [2.45, 2.75) is 19.4 Å². The molecule has 0 spiro atoms. The number of aliphatic hydroxyl groups excluding tert-OH is 1. The lowest BCUT2D eigenvalue weighted by molar-refractivity contribution is 0.0829. The highest BCUT2D eigenvalue weighted by Crippen LogP contribution is 2.22. The van der Waals surface area contributed by atoms with Crippen LogP contribution in [0.25, 0.3) is 0 Å². The topological polar surface area (TPSA) is 44.7 Å². The predicted molar refractivity (Wildman–Crippen MR) is 87.4 cm³/mol. The summed E-state index contributed by atoms with van der Waals surface area (Å²) in [5.74, 6) is 0.575. The van der Waals surface area contributed by atoms with Gasteiger partial charge in [-0.2, -0.15) is 0 Å². The second kappa shape index (κ2) is 9.15. The number of benzene rings is 1. The fourth-order valence-electron chi connectivity index (χ4n) is 2.65. The first-order valence-corrected chi connectivity index (χ1v) is 7.64. The van der Waals surface area contributed by atoms with Crippen LogP contribution in [-0.4, -0.2) is 57.0 Å². The first-order valence-electron chi connectivity index (χ1n) is 7.64. The summed E-state index contributed by atoms with van der Waals surface area (Å²) in [4.78, 5) is 2.36. The maximum Gasteiger partial charge on any atom is 0.0795 e. The van der Waals surface area contributed by atoms with Crippen molar-refractivity contribution in [3.05, 3.63) is 35.9 Å². The molecule has 0 bridgehead atoms. The summed E-state index contributed by atoms with van der Waals surface area (Å²) in [5.41, 5.74) is 0.672. The highest BCUT2D eigenvalue weighted by molar-refractivity contribution is 5.25. The Balaban J connectivity index is 2.92. The van der Waals surface area contributed by atoms with Crippen LogP contribution in [0.3, 0.4) is 0 Å². The van der Waals surface area contributed by atoms with Crippen molar-refractivity contribution in [1.29, 1.82) is 0 Å². The van der Waals surface area contributed by atoms with Crippen LogP contribution in [0.5, 0.6) is 0 Å². The number of likely N-dealkylation sites (N-methyl/N-ethyl adjacent to an activating group) is 1. The Morgan fingerprint density at radius 2 is 1.95 bits per heavy atom. The molecule has 1 aromatic carbocycles. The van der Waals surface area contributed by atoms with Gasteiger partial charge in [0.15, 0.2) is 0 Å². The first kappa shape index (κ1) is 18.1. The van der Waals surface area contributed by atoms with Crippen molar-refractivity contribution in [2.75, 3.05) is 47.0 Å². The van der Waals surface area contributed by atoms with Gasteiger partial charge >= 0.3 is 0 Å². The zero-order valence-electron chi connectivity index (χ0n) is 13.8. The van der Waals surface area contributed by atoms with Crippen molar-refractivity contribution in [3.8, 4) is 0 Å². The van der Waals surface area contributed by atoms with Crippen LogP contribution in [-0.2, 0) is 10.3 Å². The maximum atomic E-state index is 10.0. The van der Waals surface area contributed by atoms with E-state index in [0.717, 1.165) is 25.2 Å². The molecule has 0 fully saturated rings. The summed E-state index contributed by atoms with van der Waals surface area (Å²) < 4.78 is 5.22. The maximum absolute atomic E-state index is 10.0. The number of ether oxygens (including phenoxy) is 1. The molecule has 0 amide bonds. The smallest absolute Gasteiger partial charge is 0.0795 e. The van der Waals surface area contributed by atoms with Crippen LogP contribution >= 0.6 is 0 Å². The van der Waals surface area contributed by atoms with E-state index in [2.05, 4.69) is 36.2 Å². The van der Waals surface area contributed by atoms with Crippen LogP contribution in [0.4, 0.5) is 0 Å². The lowest BCUT2D eigenvalue weighted by Crippen LogP contribution is -2.53. The van der Waals surface area contributed by atoms with E-state index >= 15 is 0 Å². The lowest BCUT2D eigenvalue weighted by atomic mass is 9.90. The van der Waals surface area contributed by atoms with Gasteiger partial charge in [0.1, 0.15) is 0 Å². The van der Waals surface area contributed by atoms with E-state index in [1.165, 1.54) is 0 Å². The molecule has 2 N–H and O–H groups in total. The van der Waals surface area contributed by atoms with E-state index in [1.54, 1.807) is 7.11 Å². The van der Waals surface area contributed by atoms with Crippen LogP contribution < -0.4 is 5.32 Å². The van der Waals surface area contributed by atoms with Gasteiger partial charge in [0, 0.05) is 26.7 Å². The highest BCUT2D eigenvalue weighted by atomic mass is 16.5. The van der Waals surface area contributed by atoms with E-state index in [-0.39, 0.29) is 6.61 Å². The first-order chi connectivity index (χ1) is 10.1. The Morgan fingerprint density at radius 1 is 1.29 bits per heavy atom. The van der Waals surface area contributed by atoms with Crippen LogP contribution in [0.15, 0.2) is 30.3 Å². The van der Waals surface area contributed by atoms with Crippen molar-refractivity contribution in [3.63, 3.8) is 0 Å². The van der Waals surface area contributed by atoms with Crippen molar-refractivity contribution >= 4 is 0 Å². The third-order valence-electron chi connectivity index (χ3n) is 3.80. The second-order valence-electron chi connectivity index (χ2n) is 5.98. The third-order valence-corrected chi connectivity index (χ3v) is 3.80. The number of methoxy groups -OCH3 is 1. The number of nitrogens with zero attached hydrogens (tertiary/aromatic N) is 1. The Bertz CT molecular complexity index is 378. The van der Waals surface area contributed by atoms with E-state index in [4.69, 9.17) is 4.74 Å². The molecule has 4 nitrogen and oxygen atoms in total. The molecule has 0 saturated heterocycles. The van der Waals surface area contributed by atoms with E-state index in [1.807, 2.05) is 25.2 Å². The van der Waals surface area contributed by atoms with E-state index in [9.17, 15) is 5.11 Å². The van der Waals surface area contributed by atoms with Gasteiger partial charge in [-0.05, 0) is 18.5 Å². The molecule has 0 aliphatic rings. The summed E-state index contributed by atoms with van der Waals surface area (Å²) in [6.07, 6.45) is 0. The zero-order chi connectivity index (χ0) is 15.7. The molecule has 0 heterocycles. The van der Waals surface area contributed by atoms with Gasteiger partial charge in [-0.25, -0.2) is 0 Å². The number of hydrogen-bond donors (Lipinski definition) is 2. The van der Waals surface area contributed by atoms with Gasteiger partial charge in [0.05, 0.1) is 18.8 Å². The van der Waals surface area contributed by atoms with Crippen molar-refractivity contribution in [1.82, 2.24) is 10.2 Å². The average Bonchev–Trinajstić information content (AvgIpc) is 2.50. The Morgan fingerprint density at radius 3 is 2.43 bits per heavy atom. The average molecular weight is 294 g/mol. The molecule has 1 rings (SSSR count). The summed E-state index contributed by atoms with van der Waals surface area (Å²) in [5, 5.41) is 13.3. The van der Waals surface area contributed by atoms with Crippen LogP contribution in [0.2, 0.25) is 0 Å². The second-order valence-corrected chi connectivity index (χ2v) is 5.98. The molecule has 1 aromatic rings. The minimum absolute atomic E-state index is 0.0646. The minimum atomic E-state index is -0.441. The van der Waals surface area contributed by atoms with Gasteiger partial charge in [-0.15, -0.1) is 0 Å². The van der Waals surface area contributed by atoms with Crippen molar-refractivity contribution < 1.29 is 9.84 Å². The molecule has 0 aliphatic carbocycles. The third kappa shape index (κ3) is 5.40. The van der Waals surface area contributed by atoms with Crippen molar-refractivity contribution in [2.24, 2.45) is 5.92 Å². The normalized spacial score (nSPS) is 14.6. The summed E-state index contributed by atoms with van der Waals surface area (Å²) in [7, 11) is 3.63. The van der Waals surface area contributed by atoms with Gasteiger partial charge in [-0.1, -0.05) is 44.2 Å². The zero-order valence-corrected chi connectivity index (χ0v) is 13.8. The Hall–Kier alpha value is -0.940. The molecule has 120 valence electrons. The van der Waals surface area contributed by atoms with E-state index < -0.39 is 5.54 Å². The number of rotatable bonds is 10. The summed E-state index contributed by atoms with van der Waals surface area (Å²) >= 11 is 0. The van der Waals surface area contributed by atoms with Gasteiger partial charge in [0.2, 0.25) is 0 Å². The van der Waals surface area contributed by atoms with Gasteiger partial charge in [-0.3, -0.25) is 4.90 Å². The fraction of sp³-hybridized carbons (Fsp3) is 0.647. The molecule has 0 saturated carbocycles. The summed E-state index contributed by atoms with van der Waals surface area (Å²) in [6, 6.07) is 10.2. The molecule has 0 radical (unpaired) electrons. The predicted octanol–water partition coefficient (Wildman–Crippen LogP) is 1.70. The van der Waals surface area contributed by atoms with Crippen LogP contribution in [0, 0.1) is 5.92 Å². The molecular weight excluding hydrogens is 264 g/mol. The molecular formula is C17H30N2O2. The Labute approximate surface area is 129 Å². The standard InChI is InChI=1S/C17H30N2O2/c1-15(2)12-19(10-11-21-4)13-17(14-20,18-3)16-8-6-5-7-9-16/h5-9,15,18,20H,10-14H2,1-4H3. The molecule has 21 heavy (non-hydrogen) atoms. The number of nitrogens with one attached hydrogen (secondary N) is 1. The SMILES string of the molecule is CNC(CO)(CN(CCOC)CC(C)C)c1ccccc1. The molecule has 0 aliphatic heterocycles. The van der Waals surface area contributed by atoms with Crippen LogP contribution in [0.1, 0.15) is 19.4 Å².